The molecule has 6 nitrogen and oxygen atoms in total. The quantitative estimate of drug-likeness (QED) is 0.698. The molecule has 0 radical (unpaired) electrons. The molecular formula is C8H14N4O2S. The van der Waals surface area contributed by atoms with Crippen molar-refractivity contribution in [2.75, 3.05) is 17.2 Å². The van der Waals surface area contributed by atoms with Crippen LogP contribution in [-0.2, 0) is 15.3 Å². The number of sulfone groups is 1. The maximum Gasteiger partial charge on any atom is 0.239 e. The largest absolute Gasteiger partial charge is 0.367 e. The number of nitrogens with two attached hydrogens (primary N) is 1. The molecule has 0 atom stereocenters. The number of anilines is 1. The first-order valence-electron chi connectivity index (χ1n) is 4.80. The molecule has 0 bridgehead atoms. The van der Waals surface area contributed by atoms with E-state index >= 15 is 0 Å². The monoisotopic (exact) mass is 230 g/mol. The second-order valence-electron chi connectivity index (χ2n) is 4.25. The summed E-state index contributed by atoms with van der Waals surface area (Å²) >= 11 is 0. The summed E-state index contributed by atoms with van der Waals surface area (Å²) in [6, 6.07) is 0. The second-order valence-corrected chi connectivity index (χ2v) is 6.56. The van der Waals surface area contributed by atoms with Crippen LogP contribution in [0.2, 0.25) is 0 Å². The number of aromatic nitrogens is 3. The molecule has 7 heteroatoms. The van der Waals surface area contributed by atoms with E-state index in [0.29, 0.717) is 18.7 Å². The summed E-state index contributed by atoms with van der Waals surface area (Å²) < 4.78 is 22.6. The highest BCUT2D eigenvalue weighted by atomic mass is 32.2. The van der Waals surface area contributed by atoms with Crippen molar-refractivity contribution >= 4 is 15.8 Å². The molecule has 84 valence electrons. The van der Waals surface area contributed by atoms with E-state index < -0.39 is 9.84 Å². The minimum Gasteiger partial charge on any atom is -0.367 e. The Kier molecular flexibility index (Phi) is 2.22. The minimum atomic E-state index is -2.85. The van der Waals surface area contributed by atoms with Crippen LogP contribution in [0.3, 0.4) is 0 Å². The molecule has 0 saturated carbocycles. The highest BCUT2D eigenvalue weighted by molar-refractivity contribution is 7.91. The van der Waals surface area contributed by atoms with Gasteiger partial charge in [0.15, 0.2) is 0 Å². The Balaban J connectivity index is 2.23. The van der Waals surface area contributed by atoms with Gasteiger partial charge in [-0.05, 0) is 12.8 Å². The SMILES string of the molecule is CC1(c2nc(N)n[nH]2)CCS(=O)(=O)CC1. The molecule has 0 aliphatic carbocycles. The number of H-pyrrole nitrogens is 1. The maximum absolute atomic E-state index is 11.3. The lowest BCUT2D eigenvalue weighted by molar-refractivity contribution is 0.397. The van der Waals surface area contributed by atoms with Gasteiger partial charge in [0, 0.05) is 5.41 Å². The van der Waals surface area contributed by atoms with Crippen LogP contribution in [0, 0.1) is 0 Å². The van der Waals surface area contributed by atoms with Crippen molar-refractivity contribution < 1.29 is 8.42 Å². The van der Waals surface area contributed by atoms with Crippen LogP contribution in [0.15, 0.2) is 0 Å². The zero-order chi connectivity index (χ0) is 11.1. The van der Waals surface area contributed by atoms with Crippen LogP contribution in [-0.4, -0.2) is 35.1 Å². The predicted molar refractivity (Wildman–Crippen MR) is 56.0 cm³/mol. The topological polar surface area (TPSA) is 102 Å². The molecule has 0 unspecified atom stereocenters. The van der Waals surface area contributed by atoms with Crippen molar-refractivity contribution in [3.63, 3.8) is 0 Å². The van der Waals surface area contributed by atoms with Crippen LogP contribution in [0.1, 0.15) is 25.6 Å². The number of hydrogen-bond acceptors (Lipinski definition) is 5. The minimum absolute atomic E-state index is 0.208. The normalized spacial score (nSPS) is 23.8. The Morgan fingerprint density at radius 2 is 2.00 bits per heavy atom. The molecule has 2 heterocycles. The van der Waals surface area contributed by atoms with Crippen LogP contribution < -0.4 is 5.73 Å². The van der Waals surface area contributed by atoms with Crippen molar-refractivity contribution in [2.24, 2.45) is 0 Å². The molecule has 2 rings (SSSR count). The number of nitrogens with zero attached hydrogens (tertiary/aromatic N) is 2. The lowest BCUT2D eigenvalue weighted by Gasteiger charge is -2.30. The van der Waals surface area contributed by atoms with E-state index in [0.717, 1.165) is 0 Å². The van der Waals surface area contributed by atoms with Gasteiger partial charge in [0.2, 0.25) is 5.95 Å². The molecule has 0 aromatic carbocycles. The molecule has 1 aliphatic heterocycles. The molecule has 1 aromatic heterocycles. The summed E-state index contributed by atoms with van der Waals surface area (Å²) in [5.74, 6) is 1.32. The Hall–Kier alpha value is -1.11. The third kappa shape index (κ3) is 1.97. The second kappa shape index (κ2) is 3.19. The average Bonchev–Trinajstić information content (AvgIpc) is 2.59. The van der Waals surface area contributed by atoms with Crippen molar-refractivity contribution in [3.8, 4) is 0 Å². The highest BCUT2D eigenvalue weighted by Crippen LogP contribution is 2.33. The number of nitrogen functional groups attached to an aromatic ring is 1. The van der Waals surface area contributed by atoms with Crippen LogP contribution >= 0.6 is 0 Å². The summed E-state index contributed by atoms with van der Waals surface area (Å²) in [7, 11) is -2.85. The Morgan fingerprint density at radius 3 is 2.47 bits per heavy atom. The van der Waals surface area contributed by atoms with Gasteiger partial charge in [0.05, 0.1) is 11.5 Å². The Morgan fingerprint density at radius 1 is 1.40 bits per heavy atom. The van der Waals surface area contributed by atoms with Gasteiger partial charge >= 0.3 is 0 Å². The van der Waals surface area contributed by atoms with Crippen molar-refractivity contribution in [1.82, 2.24) is 15.2 Å². The van der Waals surface area contributed by atoms with E-state index in [9.17, 15) is 8.42 Å². The Labute approximate surface area is 88.2 Å². The first-order chi connectivity index (χ1) is 6.91. The number of aromatic amines is 1. The fraction of sp³-hybridized carbons (Fsp3) is 0.750. The van der Waals surface area contributed by atoms with Crippen molar-refractivity contribution in [2.45, 2.75) is 25.2 Å². The summed E-state index contributed by atoms with van der Waals surface area (Å²) in [5, 5.41) is 6.53. The molecule has 15 heavy (non-hydrogen) atoms. The molecule has 1 aliphatic rings. The summed E-state index contributed by atoms with van der Waals surface area (Å²) in [6.45, 7) is 1.99. The first-order valence-corrected chi connectivity index (χ1v) is 6.62. The van der Waals surface area contributed by atoms with E-state index in [4.69, 9.17) is 5.73 Å². The van der Waals surface area contributed by atoms with Crippen LogP contribution in [0.25, 0.3) is 0 Å². The lowest BCUT2D eigenvalue weighted by atomic mass is 9.83. The van der Waals surface area contributed by atoms with E-state index in [-0.39, 0.29) is 22.9 Å². The maximum atomic E-state index is 11.3. The summed E-state index contributed by atoms with van der Waals surface area (Å²) in [4.78, 5) is 4.07. The van der Waals surface area contributed by atoms with Gasteiger partial charge in [-0.3, -0.25) is 5.10 Å². The van der Waals surface area contributed by atoms with Gasteiger partial charge in [0.1, 0.15) is 15.7 Å². The van der Waals surface area contributed by atoms with E-state index in [1.165, 1.54) is 0 Å². The van der Waals surface area contributed by atoms with E-state index in [1.54, 1.807) is 0 Å². The van der Waals surface area contributed by atoms with Gasteiger partial charge in [-0.1, -0.05) is 6.92 Å². The number of rotatable bonds is 1. The standard InChI is InChI=1S/C8H14N4O2S/c1-8(6-10-7(9)12-11-6)2-4-15(13,14)5-3-8/h2-5H2,1H3,(H3,9,10,11,12). The number of nitrogens with one attached hydrogen (secondary N) is 1. The fourth-order valence-electron chi connectivity index (χ4n) is 1.77. The smallest absolute Gasteiger partial charge is 0.239 e. The van der Waals surface area contributed by atoms with E-state index in [2.05, 4.69) is 15.2 Å². The van der Waals surface area contributed by atoms with E-state index in [1.807, 2.05) is 6.92 Å². The molecule has 1 aromatic rings. The third-order valence-electron chi connectivity index (χ3n) is 3.00. The number of hydrogen-bond donors (Lipinski definition) is 2. The summed E-state index contributed by atoms with van der Waals surface area (Å²) in [5.41, 5.74) is 5.19. The van der Waals surface area contributed by atoms with Gasteiger partial charge in [-0.15, -0.1) is 5.10 Å². The fourth-order valence-corrected chi connectivity index (χ4v) is 3.50. The third-order valence-corrected chi connectivity index (χ3v) is 4.66. The molecule has 0 amide bonds. The molecule has 1 fully saturated rings. The average molecular weight is 230 g/mol. The Bertz CT molecular complexity index is 451. The molecular weight excluding hydrogens is 216 g/mol. The predicted octanol–water partition coefficient (Wildman–Crippen LogP) is -0.147. The molecule has 0 spiro atoms. The first kappa shape index (κ1) is 10.4. The van der Waals surface area contributed by atoms with Crippen molar-refractivity contribution in [3.05, 3.63) is 5.82 Å². The van der Waals surface area contributed by atoms with Crippen molar-refractivity contribution in [1.29, 1.82) is 0 Å². The highest BCUT2D eigenvalue weighted by Gasteiger charge is 2.37. The van der Waals surface area contributed by atoms with Gasteiger partial charge in [0.25, 0.3) is 0 Å². The van der Waals surface area contributed by atoms with Gasteiger partial charge < -0.3 is 5.73 Å². The molecule has 1 saturated heterocycles. The lowest BCUT2D eigenvalue weighted by Crippen LogP contribution is -2.35. The van der Waals surface area contributed by atoms with Crippen LogP contribution in [0.5, 0.6) is 0 Å². The van der Waals surface area contributed by atoms with Crippen LogP contribution in [0.4, 0.5) is 5.95 Å². The zero-order valence-electron chi connectivity index (χ0n) is 8.52. The molecule has 3 N–H and O–H groups in total. The summed E-state index contributed by atoms with van der Waals surface area (Å²) in [6.07, 6.45) is 1.15. The van der Waals surface area contributed by atoms with Gasteiger partial charge in [-0.25, -0.2) is 8.42 Å². The zero-order valence-corrected chi connectivity index (χ0v) is 9.34. The van der Waals surface area contributed by atoms with Gasteiger partial charge in [-0.2, -0.15) is 4.98 Å².